The van der Waals surface area contributed by atoms with Crippen molar-refractivity contribution in [3.05, 3.63) is 0 Å². The lowest BCUT2D eigenvalue weighted by atomic mass is 10.4. The van der Waals surface area contributed by atoms with Gasteiger partial charge < -0.3 is 16.9 Å². The Bertz CT molecular complexity index is 39.7. The summed E-state index contributed by atoms with van der Waals surface area (Å²) < 4.78 is 1.00. The molecule has 0 aliphatic heterocycles. The van der Waals surface area contributed by atoms with Gasteiger partial charge in [-0.25, -0.2) is 0 Å². The Morgan fingerprint density at radius 1 is 0.800 bits per heavy atom. The van der Waals surface area contributed by atoms with Crippen LogP contribution in [0.1, 0.15) is 26.7 Å². The summed E-state index contributed by atoms with van der Waals surface area (Å²) in [6.07, 6.45) is 2.64. The van der Waals surface area contributed by atoms with Crippen LogP contribution in [0.25, 0.3) is 0 Å². The molecule has 0 N–H and O–H groups in total. The van der Waals surface area contributed by atoms with Crippen LogP contribution < -0.4 is 12.4 Å². The quantitative estimate of drug-likeness (QED) is 0.446. The number of hydrogen-bond donors (Lipinski definition) is 0. The molecule has 0 aromatic rings. The Kier molecular flexibility index (Phi) is 15.4. The van der Waals surface area contributed by atoms with Crippen molar-refractivity contribution in [2.45, 2.75) is 26.7 Å². The van der Waals surface area contributed by atoms with E-state index >= 15 is 0 Å². The van der Waals surface area contributed by atoms with Crippen molar-refractivity contribution in [3.8, 4) is 0 Å². The molecule has 0 fully saturated rings. The minimum absolute atomic E-state index is 0. The van der Waals surface area contributed by atoms with Gasteiger partial charge in [-0.2, -0.15) is 0 Å². The average Bonchev–Trinajstić information content (AvgIpc) is 1.61. The number of rotatable bonds is 1. The third-order valence-corrected chi connectivity index (χ3v) is 0.500. The first-order chi connectivity index (χ1) is 3.91. The molecule has 0 aromatic carbocycles. The summed E-state index contributed by atoms with van der Waals surface area (Å²) >= 11 is 0. The van der Waals surface area contributed by atoms with Crippen LogP contribution in [0.4, 0.5) is 0 Å². The second-order valence-corrected chi connectivity index (χ2v) is 3.68. The molecule has 0 amide bonds. The molecule has 0 saturated carbocycles. The van der Waals surface area contributed by atoms with Crippen molar-refractivity contribution in [2.24, 2.45) is 0 Å². The molecule has 0 aliphatic carbocycles. The van der Waals surface area contributed by atoms with Gasteiger partial charge in [-0.15, -0.1) is 0 Å². The highest BCUT2D eigenvalue weighted by Crippen LogP contribution is 1.76. The molecule has 0 rings (SSSR count). The van der Waals surface area contributed by atoms with E-state index in [4.69, 9.17) is 0 Å². The standard InChI is InChI=1S/C4H12N.C4H10.ClH/c1-5(2,3)4;1-3-4-2;/h1-4H3;3-4H2,1-2H3;1H/q+1;;/p-1. The van der Waals surface area contributed by atoms with E-state index in [9.17, 15) is 0 Å². The molecule has 0 bridgehead atoms. The van der Waals surface area contributed by atoms with Gasteiger partial charge in [0.1, 0.15) is 0 Å². The van der Waals surface area contributed by atoms with E-state index in [1.165, 1.54) is 12.8 Å². The first-order valence-electron chi connectivity index (χ1n) is 3.70. The highest BCUT2D eigenvalue weighted by molar-refractivity contribution is 4.12. The molecular weight excluding hydrogens is 146 g/mol. The van der Waals surface area contributed by atoms with Gasteiger partial charge in [0.15, 0.2) is 0 Å². The van der Waals surface area contributed by atoms with E-state index < -0.39 is 0 Å². The molecule has 1 nitrogen and oxygen atoms in total. The predicted octanol–water partition coefficient (Wildman–Crippen LogP) is -0.867. The maximum atomic E-state index is 2.18. The van der Waals surface area contributed by atoms with Gasteiger partial charge in [0.25, 0.3) is 0 Å². The second-order valence-electron chi connectivity index (χ2n) is 3.68. The molecule has 0 atom stereocenters. The van der Waals surface area contributed by atoms with Gasteiger partial charge in [-0.3, -0.25) is 0 Å². The normalized spacial score (nSPS) is 9.00. The maximum absolute atomic E-state index is 2.18. The van der Waals surface area contributed by atoms with E-state index in [0.717, 1.165) is 4.48 Å². The molecular formula is C8H22ClN. The summed E-state index contributed by atoms with van der Waals surface area (Å²) in [5.74, 6) is 0. The van der Waals surface area contributed by atoms with Crippen LogP contribution in [0, 0.1) is 0 Å². The third kappa shape index (κ3) is 278. The zero-order chi connectivity index (χ0) is 7.91. The summed E-state index contributed by atoms with van der Waals surface area (Å²) in [7, 11) is 8.50. The third-order valence-electron chi connectivity index (χ3n) is 0.500. The molecule has 10 heavy (non-hydrogen) atoms. The molecule has 66 valence electrons. The minimum atomic E-state index is 0. The Labute approximate surface area is 72.4 Å². The molecule has 2 heteroatoms. The lowest BCUT2D eigenvalue weighted by Crippen LogP contribution is -3.00. The number of halogens is 1. The van der Waals surface area contributed by atoms with Gasteiger partial charge in [0.05, 0.1) is 28.2 Å². The maximum Gasteiger partial charge on any atom is 0.0675 e. The SMILES string of the molecule is CCCC.C[N+](C)(C)C.[Cl-]. The topological polar surface area (TPSA) is 0 Å². The number of quaternary nitrogens is 1. The van der Waals surface area contributed by atoms with E-state index in [-0.39, 0.29) is 12.4 Å². The van der Waals surface area contributed by atoms with E-state index in [1.54, 1.807) is 0 Å². The lowest BCUT2D eigenvalue weighted by Gasteiger charge is -2.14. The molecule has 0 spiro atoms. The van der Waals surface area contributed by atoms with Crippen LogP contribution in [0.15, 0.2) is 0 Å². The molecule has 0 aliphatic rings. The van der Waals surface area contributed by atoms with Crippen molar-refractivity contribution in [3.63, 3.8) is 0 Å². The van der Waals surface area contributed by atoms with Crippen molar-refractivity contribution < 1.29 is 16.9 Å². The highest BCUT2D eigenvalue weighted by atomic mass is 35.5. The van der Waals surface area contributed by atoms with E-state index in [1.807, 2.05) is 0 Å². The predicted molar refractivity (Wildman–Crippen MR) is 44.5 cm³/mol. The number of nitrogens with zero attached hydrogens (tertiary/aromatic N) is 1. The monoisotopic (exact) mass is 167 g/mol. The van der Waals surface area contributed by atoms with Crippen molar-refractivity contribution in [2.75, 3.05) is 28.2 Å². The van der Waals surface area contributed by atoms with Crippen LogP contribution in [0.5, 0.6) is 0 Å². The van der Waals surface area contributed by atoms with Crippen LogP contribution in [0.2, 0.25) is 0 Å². The van der Waals surface area contributed by atoms with Crippen LogP contribution in [-0.2, 0) is 0 Å². The van der Waals surface area contributed by atoms with E-state index in [0.29, 0.717) is 0 Å². The van der Waals surface area contributed by atoms with Crippen molar-refractivity contribution in [1.82, 2.24) is 0 Å². The first-order valence-corrected chi connectivity index (χ1v) is 3.70. The first kappa shape index (κ1) is 16.7. The molecule has 0 radical (unpaired) electrons. The smallest absolute Gasteiger partial charge is 0.0675 e. The van der Waals surface area contributed by atoms with Crippen LogP contribution >= 0.6 is 0 Å². The average molecular weight is 168 g/mol. The zero-order valence-corrected chi connectivity index (χ0v) is 9.00. The molecule has 0 aromatic heterocycles. The molecule has 0 unspecified atom stereocenters. The van der Waals surface area contributed by atoms with Gasteiger partial charge in [-0.1, -0.05) is 26.7 Å². The van der Waals surface area contributed by atoms with Gasteiger partial charge >= 0.3 is 0 Å². The summed E-state index contributed by atoms with van der Waals surface area (Å²) in [5.41, 5.74) is 0. The van der Waals surface area contributed by atoms with Crippen LogP contribution in [-0.4, -0.2) is 32.7 Å². The largest absolute Gasteiger partial charge is 1.00 e. The summed E-state index contributed by atoms with van der Waals surface area (Å²) in [5, 5.41) is 0. The Morgan fingerprint density at radius 2 is 0.900 bits per heavy atom. The van der Waals surface area contributed by atoms with Crippen molar-refractivity contribution in [1.29, 1.82) is 0 Å². The number of hydrogen-bond acceptors (Lipinski definition) is 0. The van der Waals surface area contributed by atoms with E-state index in [2.05, 4.69) is 42.0 Å². The number of unbranched alkanes of at least 4 members (excludes halogenated alkanes) is 1. The second kappa shape index (κ2) is 9.25. The van der Waals surface area contributed by atoms with Gasteiger partial charge in [0, 0.05) is 0 Å². The molecule has 0 saturated heterocycles. The van der Waals surface area contributed by atoms with Crippen molar-refractivity contribution >= 4 is 0 Å². The zero-order valence-electron chi connectivity index (χ0n) is 8.24. The van der Waals surface area contributed by atoms with Gasteiger partial charge in [0.2, 0.25) is 0 Å². The fourth-order valence-electron chi connectivity index (χ4n) is 0. The van der Waals surface area contributed by atoms with Gasteiger partial charge in [-0.05, 0) is 0 Å². The molecule has 0 heterocycles. The summed E-state index contributed by atoms with van der Waals surface area (Å²) in [4.78, 5) is 0. The lowest BCUT2D eigenvalue weighted by molar-refractivity contribution is -0.849. The minimum Gasteiger partial charge on any atom is -1.00 e. The highest BCUT2D eigenvalue weighted by Gasteiger charge is 1.88. The Hall–Kier alpha value is 0.250. The summed E-state index contributed by atoms with van der Waals surface area (Å²) in [6.45, 7) is 4.36. The van der Waals surface area contributed by atoms with Crippen LogP contribution in [0.3, 0.4) is 0 Å². The fourth-order valence-corrected chi connectivity index (χ4v) is 0. The summed E-state index contributed by atoms with van der Waals surface area (Å²) in [6, 6.07) is 0. The Morgan fingerprint density at radius 3 is 0.900 bits per heavy atom. The fraction of sp³-hybridized carbons (Fsp3) is 1.00. The Balaban J connectivity index is -0.0000000910.